The van der Waals surface area contributed by atoms with Crippen LogP contribution in [-0.4, -0.2) is 35.5 Å². The second-order valence-electron chi connectivity index (χ2n) is 5.16. The molecule has 1 aromatic carbocycles. The number of hydrogen-bond donors (Lipinski definition) is 1. The van der Waals surface area contributed by atoms with Crippen molar-refractivity contribution in [3.8, 4) is 12.3 Å². The summed E-state index contributed by atoms with van der Waals surface area (Å²) in [6.45, 7) is 4.38. The van der Waals surface area contributed by atoms with E-state index < -0.39 is 0 Å². The zero-order valence-corrected chi connectivity index (χ0v) is 11.6. The average molecular weight is 273 g/mol. The third kappa shape index (κ3) is 3.49. The van der Waals surface area contributed by atoms with Gasteiger partial charge in [0.15, 0.2) is 0 Å². The van der Waals surface area contributed by atoms with Gasteiger partial charge in [0.25, 0.3) is 5.69 Å². The topological polar surface area (TPSA) is 58.4 Å². The standard InChI is InChI=1S/C15H19N3O2/c1-3-8-17-9-6-13(7-10-17)16-14-5-4-12(2)15(11-14)18(19)20/h1,4-5,11,13,16H,6-10H2,2H3. The minimum atomic E-state index is -0.337. The van der Waals surface area contributed by atoms with Crippen LogP contribution in [0.15, 0.2) is 18.2 Å². The smallest absolute Gasteiger partial charge is 0.274 e. The number of benzene rings is 1. The van der Waals surface area contributed by atoms with E-state index in [1.165, 1.54) is 0 Å². The van der Waals surface area contributed by atoms with Gasteiger partial charge in [-0.2, -0.15) is 0 Å². The lowest BCUT2D eigenvalue weighted by atomic mass is 10.0. The van der Waals surface area contributed by atoms with Gasteiger partial charge in [0.05, 0.1) is 11.5 Å². The van der Waals surface area contributed by atoms with E-state index in [-0.39, 0.29) is 10.6 Å². The number of hydrogen-bond acceptors (Lipinski definition) is 4. The molecule has 0 spiro atoms. The molecule has 1 aliphatic rings. The molecule has 2 rings (SSSR count). The highest BCUT2D eigenvalue weighted by Crippen LogP contribution is 2.24. The maximum absolute atomic E-state index is 10.9. The molecule has 20 heavy (non-hydrogen) atoms. The number of anilines is 1. The summed E-state index contributed by atoms with van der Waals surface area (Å²) in [6, 6.07) is 5.65. The second-order valence-corrected chi connectivity index (χ2v) is 5.16. The Morgan fingerprint density at radius 3 is 2.80 bits per heavy atom. The first-order valence-corrected chi connectivity index (χ1v) is 6.77. The number of nitro benzene ring substituents is 1. The van der Waals surface area contributed by atoms with Crippen LogP contribution in [0.3, 0.4) is 0 Å². The number of piperidine rings is 1. The molecule has 5 heteroatoms. The predicted octanol–water partition coefficient (Wildman–Crippen LogP) is 2.41. The van der Waals surface area contributed by atoms with E-state index >= 15 is 0 Å². The van der Waals surface area contributed by atoms with E-state index in [0.29, 0.717) is 18.2 Å². The van der Waals surface area contributed by atoms with Crippen molar-refractivity contribution in [1.82, 2.24) is 4.90 Å². The fourth-order valence-corrected chi connectivity index (χ4v) is 2.50. The molecule has 0 unspecified atom stereocenters. The molecule has 5 nitrogen and oxygen atoms in total. The Kier molecular flexibility index (Phi) is 4.59. The van der Waals surface area contributed by atoms with Gasteiger partial charge in [0.1, 0.15) is 0 Å². The fraction of sp³-hybridized carbons (Fsp3) is 0.467. The van der Waals surface area contributed by atoms with Gasteiger partial charge in [-0.15, -0.1) is 6.42 Å². The Morgan fingerprint density at radius 1 is 1.50 bits per heavy atom. The maximum Gasteiger partial charge on any atom is 0.274 e. The van der Waals surface area contributed by atoms with E-state index in [4.69, 9.17) is 6.42 Å². The van der Waals surface area contributed by atoms with Crippen LogP contribution in [0.1, 0.15) is 18.4 Å². The zero-order valence-electron chi connectivity index (χ0n) is 11.6. The highest BCUT2D eigenvalue weighted by atomic mass is 16.6. The van der Waals surface area contributed by atoms with Crippen LogP contribution in [0.2, 0.25) is 0 Å². The largest absolute Gasteiger partial charge is 0.382 e. The first kappa shape index (κ1) is 14.4. The van der Waals surface area contributed by atoms with Crippen LogP contribution in [0.25, 0.3) is 0 Å². The first-order chi connectivity index (χ1) is 9.60. The summed E-state index contributed by atoms with van der Waals surface area (Å²) < 4.78 is 0. The molecule has 1 heterocycles. The molecule has 1 fully saturated rings. The van der Waals surface area contributed by atoms with Gasteiger partial charge >= 0.3 is 0 Å². The number of nitrogens with one attached hydrogen (secondary N) is 1. The number of nitrogens with zero attached hydrogens (tertiary/aromatic N) is 2. The minimum Gasteiger partial charge on any atom is -0.382 e. The molecule has 0 aliphatic carbocycles. The van der Waals surface area contributed by atoms with E-state index in [1.807, 2.05) is 6.07 Å². The Bertz CT molecular complexity index is 528. The number of aryl methyl sites for hydroxylation is 1. The Hall–Kier alpha value is -2.06. The van der Waals surface area contributed by atoms with Crippen molar-refractivity contribution < 1.29 is 4.92 Å². The number of likely N-dealkylation sites (tertiary alicyclic amines) is 1. The van der Waals surface area contributed by atoms with Crippen LogP contribution in [0, 0.1) is 29.4 Å². The summed E-state index contributed by atoms with van der Waals surface area (Å²) >= 11 is 0. The van der Waals surface area contributed by atoms with Crippen LogP contribution < -0.4 is 5.32 Å². The third-order valence-electron chi connectivity index (χ3n) is 3.68. The molecule has 0 saturated carbocycles. The predicted molar refractivity (Wildman–Crippen MR) is 79.8 cm³/mol. The van der Waals surface area contributed by atoms with Crippen molar-refractivity contribution >= 4 is 11.4 Å². The molecule has 1 N–H and O–H groups in total. The third-order valence-corrected chi connectivity index (χ3v) is 3.68. The Labute approximate surface area is 119 Å². The monoisotopic (exact) mass is 273 g/mol. The van der Waals surface area contributed by atoms with E-state index in [9.17, 15) is 10.1 Å². The molecule has 1 aliphatic heterocycles. The van der Waals surface area contributed by atoms with Crippen molar-refractivity contribution in [3.05, 3.63) is 33.9 Å². The van der Waals surface area contributed by atoms with E-state index in [2.05, 4.69) is 16.1 Å². The molecule has 0 bridgehead atoms. The Morgan fingerprint density at radius 2 is 2.20 bits per heavy atom. The van der Waals surface area contributed by atoms with E-state index in [1.54, 1.807) is 19.1 Å². The van der Waals surface area contributed by atoms with Crippen molar-refractivity contribution in [3.63, 3.8) is 0 Å². The molecule has 1 saturated heterocycles. The van der Waals surface area contributed by atoms with Gasteiger partial charge in [0, 0.05) is 36.4 Å². The summed E-state index contributed by atoms with van der Waals surface area (Å²) in [4.78, 5) is 12.8. The van der Waals surface area contributed by atoms with E-state index in [0.717, 1.165) is 31.6 Å². The number of nitro groups is 1. The summed E-state index contributed by atoms with van der Waals surface area (Å²) in [5, 5.41) is 14.3. The summed E-state index contributed by atoms with van der Waals surface area (Å²) in [6.07, 6.45) is 7.31. The Balaban J connectivity index is 1.96. The lowest BCUT2D eigenvalue weighted by molar-refractivity contribution is -0.385. The first-order valence-electron chi connectivity index (χ1n) is 6.77. The van der Waals surface area contributed by atoms with Gasteiger partial charge in [-0.25, -0.2) is 0 Å². The lowest BCUT2D eigenvalue weighted by Crippen LogP contribution is -2.39. The highest BCUT2D eigenvalue weighted by molar-refractivity contribution is 5.55. The second kappa shape index (κ2) is 6.40. The maximum atomic E-state index is 10.9. The van der Waals surface area contributed by atoms with Crippen molar-refractivity contribution in [2.75, 3.05) is 25.0 Å². The molecule has 0 atom stereocenters. The van der Waals surface area contributed by atoms with Gasteiger partial charge in [0.2, 0.25) is 0 Å². The van der Waals surface area contributed by atoms with Crippen LogP contribution in [-0.2, 0) is 0 Å². The lowest BCUT2D eigenvalue weighted by Gasteiger charge is -2.31. The molecular weight excluding hydrogens is 254 g/mol. The normalized spacial score (nSPS) is 16.6. The van der Waals surface area contributed by atoms with Crippen molar-refractivity contribution in [2.45, 2.75) is 25.8 Å². The van der Waals surface area contributed by atoms with Gasteiger partial charge in [-0.3, -0.25) is 15.0 Å². The number of terminal acetylenes is 1. The van der Waals surface area contributed by atoms with Gasteiger partial charge < -0.3 is 5.32 Å². The quantitative estimate of drug-likeness (QED) is 0.520. The average Bonchev–Trinajstić information content (AvgIpc) is 2.43. The highest BCUT2D eigenvalue weighted by Gasteiger charge is 2.19. The molecule has 106 valence electrons. The molecule has 0 radical (unpaired) electrons. The summed E-state index contributed by atoms with van der Waals surface area (Å²) in [7, 11) is 0. The SMILES string of the molecule is C#CCN1CCC(Nc2ccc(C)c([N+](=O)[O-])c2)CC1. The van der Waals surface area contributed by atoms with Crippen molar-refractivity contribution in [2.24, 2.45) is 0 Å². The molecule has 0 amide bonds. The van der Waals surface area contributed by atoms with Crippen LogP contribution in [0.5, 0.6) is 0 Å². The molecular formula is C15H19N3O2. The van der Waals surface area contributed by atoms with Crippen LogP contribution >= 0.6 is 0 Å². The summed E-state index contributed by atoms with van der Waals surface area (Å²) in [5.74, 6) is 2.66. The number of rotatable bonds is 4. The van der Waals surface area contributed by atoms with Crippen LogP contribution in [0.4, 0.5) is 11.4 Å². The van der Waals surface area contributed by atoms with Crippen molar-refractivity contribution in [1.29, 1.82) is 0 Å². The van der Waals surface area contributed by atoms with Gasteiger partial charge in [-0.1, -0.05) is 12.0 Å². The van der Waals surface area contributed by atoms with Gasteiger partial charge in [-0.05, 0) is 25.8 Å². The molecule has 1 aromatic rings. The molecule has 0 aromatic heterocycles. The minimum absolute atomic E-state index is 0.166. The zero-order chi connectivity index (χ0) is 14.5. The summed E-state index contributed by atoms with van der Waals surface area (Å²) in [5.41, 5.74) is 1.67. The fourth-order valence-electron chi connectivity index (χ4n) is 2.50.